The monoisotopic (exact) mass is 326 g/mol. The van der Waals surface area contributed by atoms with Gasteiger partial charge in [0.15, 0.2) is 0 Å². The van der Waals surface area contributed by atoms with Gasteiger partial charge in [-0.15, -0.1) is 0 Å². The van der Waals surface area contributed by atoms with Gasteiger partial charge < -0.3 is 15.0 Å². The molecule has 1 saturated heterocycles. The molecule has 0 bridgehead atoms. The van der Waals surface area contributed by atoms with Crippen molar-refractivity contribution in [2.75, 3.05) is 5.73 Å². The highest BCUT2D eigenvalue weighted by Gasteiger charge is 2.51. The summed E-state index contributed by atoms with van der Waals surface area (Å²) in [7, 11) is -0.398. The highest BCUT2D eigenvalue weighted by molar-refractivity contribution is 6.62. The number of pyridine rings is 1. The molecule has 2 aromatic rings. The lowest BCUT2D eigenvalue weighted by atomic mass is 9.78. The van der Waals surface area contributed by atoms with Crippen molar-refractivity contribution in [3.05, 3.63) is 42.6 Å². The minimum absolute atomic E-state index is 0.355. The summed E-state index contributed by atoms with van der Waals surface area (Å²) in [5.74, 6) is 0. The molecule has 5 heteroatoms. The molecule has 3 rings (SSSR count). The molecule has 0 unspecified atom stereocenters. The van der Waals surface area contributed by atoms with Crippen molar-refractivity contribution in [3.8, 4) is 11.3 Å². The first-order valence-electron chi connectivity index (χ1n) is 8.47. The Labute approximate surface area is 145 Å². The molecule has 0 spiro atoms. The zero-order valence-corrected chi connectivity index (χ0v) is 15.5. The molecule has 4 nitrogen and oxygen atoms in total. The Balaban J connectivity index is 0.00000100. The van der Waals surface area contributed by atoms with Crippen molar-refractivity contribution >= 4 is 18.3 Å². The number of nitrogens with two attached hydrogens (primary N) is 1. The Bertz CT molecular complexity index is 671. The average molecular weight is 326 g/mol. The molecule has 24 heavy (non-hydrogen) atoms. The maximum absolute atomic E-state index is 6.21. The second-order valence-electron chi connectivity index (χ2n) is 6.65. The third-order valence-corrected chi connectivity index (χ3v) is 4.54. The molecule has 0 atom stereocenters. The molecule has 128 valence electrons. The van der Waals surface area contributed by atoms with E-state index in [2.05, 4.69) is 4.98 Å². The Hall–Kier alpha value is -1.85. The van der Waals surface area contributed by atoms with Crippen molar-refractivity contribution in [2.24, 2.45) is 0 Å². The van der Waals surface area contributed by atoms with Gasteiger partial charge in [0, 0.05) is 17.4 Å². The van der Waals surface area contributed by atoms with E-state index >= 15 is 0 Å². The molecular formula is C19H27BN2O2. The van der Waals surface area contributed by atoms with Gasteiger partial charge in [0.2, 0.25) is 0 Å². The summed E-state index contributed by atoms with van der Waals surface area (Å²) in [6, 6.07) is 11.6. The van der Waals surface area contributed by atoms with Gasteiger partial charge in [-0.1, -0.05) is 32.0 Å². The van der Waals surface area contributed by atoms with E-state index in [9.17, 15) is 0 Å². The summed E-state index contributed by atoms with van der Waals surface area (Å²) in [6.07, 6.45) is 1.76. The van der Waals surface area contributed by atoms with Crippen LogP contribution >= 0.6 is 0 Å². The molecule has 1 aromatic heterocycles. The van der Waals surface area contributed by atoms with E-state index in [1.54, 1.807) is 6.20 Å². The van der Waals surface area contributed by atoms with Gasteiger partial charge in [-0.3, -0.25) is 4.98 Å². The highest BCUT2D eigenvalue weighted by atomic mass is 16.7. The summed E-state index contributed by atoms with van der Waals surface area (Å²) < 4.78 is 12.1. The number of anilines is 1. The Morgan fingerprint density at radius 3 is 2.08 bits per heavy atom. The molecule has 1 aromatic carbocycles. The smallest absolute Gasteiger partial charge is 0.399 e. The Morgan fingerprint density at radius 2 is 1.58 bits per heavy atom. The van der Waals surface area contributed by atoms with Crippen molar-refractivity contribution in [1.82, 2.24) is 4.98 Å². The van der Waals surface area contributed by atoms with Crippen LogP contribution in [0.1, 0.15) is 41.5 Å². The second kappa shape index (κ2) is 6.95. The van der Waals surface area contributed by atoms with Crippen molar-refractivity contribution < 1.29 is 9.31 Å². The van der Waals surface area contributed by atoms with Gasteiger partial charge in [0.05, 0.1) is 16.9 Å². The molecule has 0 radical (unpaired) electrons. The largest absolute Gasteiger partial charge is 0.494 e. The van der Waals surface area contributed by atoms with Crippen LogP contribution in [0.25, 0.3) is 11.3 Å². The summed E-state index contributed by atoms with van der Waals surface area (Å²) in [4.78, 5) is 4.34. The molecule has 1 aliphatic heterocycles. The normalized spacial score (nSPS) is 18.0. The van der Waals surface area contributed by atoms with Crippen LogP contribution in [0.3, 0.4) is 0 Å². The number of nitrogens with zero attached hydrogens (tertiary/aromatic N) is 1. The van der Waals surface area contributed by atoms with Gasteiger partial charge in [-0.05, 0) is 51.4 Å². The number of hydrogen-bond donors (Lipinski definition) is 1. The van der Waals surface area contributed by atoms with Crippen LogP contribution in [0.4, 0.5) is 5.69 Å². The van der Waals surface area contributed by atoms with Crippen LogP contribution in [-0.2, 0) is 9.31 Å². The molecule has 0 saturated carbocycles. The first-order valence-corrected chi connectivity index (χ1v) is 8.47. The molecule has 0 amide bonds. The third-order valence-electron chi connectivity index (χ3n) is 4.54. The lowest BCUT2D eigenvalue weighted by molar-refractivity contribution is 0.00578. The quantitative estimate of drug-likeness (QED) is 0.676. The molecular weight excluding hydrogens is 299 g/mol. The maximum Gasteiger partial charge on any atom is 0.494 e. The topological polar surface area (TPSA) is 57.4 Å². The van der Waals surface area contributed by atoms with Crippen molar-refractivity contribution in [2.45, 2.75) is 52.7 Å². The zero-order valence-electron chi connectivity index (χ0n) is 15.5. The van der Waals surface area contributed by atoms with Crippen LogP contribution in [0, 0.1) is 0 Å². The average Bonchev–Trinajstić information content (AvgIpc) is 2.78. The van der Waals surface area contributed by atoms with Crippen LogP contribution in [0.2, 0.25) is 0 Å². The van der Waals surface area contributed by atoms with E-state index < -0.39 is 7.12 Å². The lowest BCUT2D eigenvalue weighted by Gasteiger charge is -2.32. The van der Waals surface area contributed by atoms with Gasteiger partial charge in [-0.2, -0.15) is 0 Å². The Kier molecular flexibility index (Phi) is 5.36. The van der Waals surface area contributed by atoms with E-state index in [1.165, 1.54) is 0 Å². The lowest BCUT2D eigenvalue weighted by Crippen LogP contribution is -2.41. The second-order valence-corrected chi connectivity index (χ2v) is 6.65. The van der Waals surface area contributed by atoms with Crippen LogP contribution in [-0.4, -0.2) is 23.3 Å². The minimum atomic E-state index is -0.398. The fourth-order valence-electron chi connectivity index (χ4n) is 2.46. The predicted molar refractivity (Wildman–Crippen MR) is 101 cm³/mol. The Morgan fingerprint density at radius 1 is 0.958 bits per heavy atom. The summed E-state index contributed by atoms with van der Waals surface area (Å²) in [5.41, 5.74) is 8.87. The number of hydrogen-bond acceptors (Lipinski definition) is 4. The van der Waals surface area contributed by atoms with E-state index in [-0.39, 0.29) is 11.2 Å². The van der Waals surface area contributed by atoms with Crippen molar-refractivity contribution in [1.29, 1.82) is 0 Å². The maximum atomic E-state index is 6.21. The van der Waals surface area contributed by atoms with E-state index in [0.29, 0.717) is 5.69 Å². The van der Waals surface area contributed by atoms with Crippen LogP contribution < -0.4 is 11.2 Å². The number of aromatic nitrogens is 1. The molecule has 2 N–H and O–H groups in total. The van der Waals surface area contributed by atoms with Gasteiger partial charge >= 0.3 is 7.12 Å². The van der Waals surface area contributed by atoms with E-state index in [0.717, 1.165) is 16.7 Å². The number of nitrogen functional groups attached to an aromatic ring is 1. The fourth-order valence-corrected chi connectivity index (χ4v) is 2.46. The summed E-state index contributed by atoms with van der Waals surface area (Å²) >= 11 is 0. The third kappa shape index (κ3) is 3.47. The van der Waals surface area contributed by atoms with Crippen LogP contribution in [0.5, 0.6) is 0 Å². The first-order chi connectivity index (χ1) is 11.3. The first kappa shape index (κ1) is 18.5. The van der Waals surface area contributed by atoms with Gasteiger partial charge in [-0.25, -0.2) is 0 Å². The number of rotatable bonds is 2. The summed E-state index contributed by atoms with van der Waals surface area (Å²) in [6.45, 7) is 12.2. The highest BCUT2D eigenvalue weighted by Crippen LogP contribution is 2.36. The standard InChI is InChI=1S/C17H21BN2O2.C2H6/c1-16(2)17(3,4)22-18(21-16)12-8-9-13(14(19)11-12)15-7-5-6-10-20-15;1-2/h5-11H,19H2,1-4H3;1-2H3. The number of benzene rings is 1. The molecule has 2 heterocycles. The SMILES string of the molecule is CC.CC1(C)OB(c2ccc(-c3ccccn3)c(N)c2)OC1(C)C. The predicted octanol–water partition coefficient (Wildman–Crippen LogP) is 3.66. The van der Waals surface area contributed by atoms with Gasteiger partial charge in [0.1, 0.15) is 0 Å². The van der Waals surface area contributed by atoms with Crippen LogP contribution in [0.15, 0.2) is 42.6 Å². The molecule has 0 aliphatic carbocycles. The summed E-state index contributed by atoms with van der Waals surface area (Å²) in [5, 5.41) is 0. The zero-order chi connectivity index (χ0) is 18.0. The van der Waals surface area contributed by atoms with E-state index in [4.69, 9.17) is 15.0 Å². The van der Waals surface area contributed by atoms with Crippen molar-refractivity contribution in [3.63, 3.8) is 0 Å². The van der Waals surface area contributed by atoms with E-state index in [1.807, 2.05) is 77.9 Å². The molecule has 1 fully saturated rings. The minimum Gasteiger partial charge on any atom is -0.399 e. The molecule has 1 aliphatic rings. The van der Waals surface area contributed by atoms with Gasteiger partial charge in [0.25, 0.3) is 0 Å². The fraction of sp³-hybridized carbons (Fsp3) is 0.421.